The highest BCUT2D eigenvalue weighted by atomic mass is 16.5. The minimum Gasteiger partial charge on any atom is -0.479 e. The van der Waals surface area contributed by atoms with Crippen molar-refractivity contribution in [2.75, 3.05) is 23.9 Å². The molecule has 1 aliphatic heterocycles. The number of methoxy groups -OCH3 is 1. The molecule has 0 saturated heterocycles. The summed E-state index contributed by atoms with van der Waals surface area (Å²) in [6, 6.07) is 12.0. The molecule has 1 heterocycles. The third kappa shape index (κ3) is 3.30. The number of nitrogens with one attached hydrogen (secondary N) is 1. The molecule has 3 rings (SSSR count). The van der Waals surface area contributed by atoms with Gasteiger partial charge in [0, 0.05) is 11.8 Å². The van der Waals surface area contributed by atoms with Crippen LogP contribution >= 0.6 is 0 Å². The molecule has 2 aromatic rings. The molecular formula is C19H17N3O4. The Morgan fingerprint density at radius 1 is 1.31 bits per heavy atom. The van der Waals surface area contributed by atoms with E-state index >= 15 is 0 Å². The van der Waals surface area contributed by atoms with Crippen molar-refractivity contribution in [2.45, 2.75) is 13.5 Å². The zero-order chi connectivity index (χ0) is 18.7. The molecule has 2 aromatic carbocycles. The average molecular weight is 351 g/mol. The van der Waals surface area contributed by atoms with Crippen molar-refractivity contribution in [3.63, 3.8) is 0 Å². The molecule has 26 heavy (non-hydrogen) atoms. The summed E-state index contributed by atoms with van der Waals surface area (Å²) in [4.78, 5) is 25.8. The van der Waals surface area contributed by atoms with Crippen LogP contribution in [0.4, 0.5) is 16.2 Å². The number of hydrogen-bond acceptors (Lipinski definition) is 5. The fraction of sp³-hybridized carbons (Fsp3) is 0.211. The standard InChI is InChI=1S/C19H17N3O4/c1-12-3-6-15(26-8-7-20)10-17(12)22-11-14-5-4-13(18(23)25-2)9-16(14)21-19(22)24/h3-6,9-10H,8,11H2,1-2H3,(H,21,24). The molecule has 2 amide bonds. The molecule has 0 saturated carbocycles. The predicted molar refractivity (Wildman–Crippen MR) is 95.3 cm³/mol. The molecular weight excluding hydrogens is 334 g/mol. The first kappa shape index (κ1) is 17.3. The normalized spacial score (nSPS) is 12.7. The fourth-order valence-electron chi connectivity index (χ4n) is 2.78. The second kappa shape index (κ2) is 7.15. The van der Waals surface area contributed by atoms with Gasteiger partial charge in [-0.3, -0.25) is 4.90 Å². The predicted octanol–water partition coefficient (Wildman–Crippen LogP) is 3.24. The molecule has 0 atom stereocenters. The van der Waals surface area contributed by atoms with Gasteiger partial charge in [-0.05, 0) is 36.2 Å². The molecule has 0 radical (unpaired) electrons. The number of carbonyl (C=O) groups excluding carboxylic acids is 2. The van der Waals surface area contributed by atoms with Gasteiger partial charge in [0.2, 0.25) is 0 Å². The summed E-state index contributed by atoms with van der Waals surface area (Å²) >= 11 is 0. The van der Waals surface area contributed by atoms with Gasteiger partial charge in [0.1, 0.15) is 11.8 Å². The van der Waals surface area contributed by atoms with Crippen LogP contribution in [0.2, 0.25) is 0 Å². The van der Waals surface area contributed by atoms with E-state index < -0.39 is 5.97 Å². The highest BCUT2D eigenvalue weighted by molar-refractivity contribution is 6.05. The molecule has 7 nitrogen and oxygen atoms in total. The Balaban J connectivity index is 1.91. The van der Waals surface area contributed by atoms with E-state index in [0.717, 1.165) is 11.1 Å². The number of amides is 2. The molecule has 0 aliphatic carbocycles. The number of nitrogens with zero attached hydrogens (tertiary/aromatic N) is 2. The molecule has 1 aliphatic rings. The maximum atomic E-state index is 12.6. The van der Waals surface area contributed by atoms with E-state index in [-0.39, 0.29) is 12.6 Å². The first-order valence-corrected chi connectivity index (χ1v) is 7.93. The molecule has 7 heteroatoms. The van der Waals surface area contributed by atoms with E-state index in [9.17, 15) is 9.59 Å². The maximum absolute atomic E-state index is 12.6. The van der Waals surface area contributed by atoms with E-state index in [1.807, 2.05) is 19.1 Å². The van der Waals surface area contributed by atoms with Crippen molar-refractivity contribution in [1.82, 2.24) is 0 Å². The average Bonchev–Trinajstić information content (AvgIpc) is 2.66. The van der Waals surface area contributed by atoms with Crippen LogP contribution in [0, 0.1) is 18.3 Å². The van der Waals surface area contributed by atoms with E-state index in [1.165, 1.54) is 7.11 Å². The number of benzene rings is 2. The van der Waals surface area contributed by atoms with E-state index in [4.69, 9.17) is 14.7 Å². The number of hydrogen-bond donors (Lipinski definition) is 1. The van der Waals surface area contributed by atoms with Gasteiger partial charge in [0.05, 0.1) is 24.9 Å². The molecule has 1 N–H and O–H groups in total. The zero-order valence-electron chi connectivity index (χ0n) is 14.4. The number of carbonyl (C=O) groups is 2. The van der Waals surface area contributed by atoms with Gasteiger partial charge in [-0.15, -0.1) is 0 Å². The van der Waals surface area contributed by atoms with Gasteiger partial charge < -0.3 is 14.8 Å². The first-order valence-electron chi connectivity index (χ1n) is 7.93. The van der Waals surface area contributed by atoms with Crippen molar-refractivity contribution in [1.29, 1.82) is 5.26 Å². The molecule has 0 spiro atoms. The topological polar surface area (TPSA) is 91.7 Å². The van der Waals surface area contributed by atoms with Gasteiger partial charge >= 0.3 is 12.0 Å². The number of anilines is 2. The lowest BCUT2D eigenvalue weighted by molar-refractivity contribution is 0.0600. The first-order chi connectivity index (χ1) is 12.5. The number of nitriles is 1. The quantitative estimate of drug-likeness (QED) is 0.854. The Labute approximate surface area is 150 Å². The van der Waals surface area contributed by atoms with Crippen LogP contribution in [0.1, 0.15) is 21.5 Å². The molecule has 0 aromatic heterocycles. The largest absolute Gasteiger partial charge is 0.479 e. The van der Waals surface area contributed by atoms with Gasteiger partial charge in [-0.1, -0.05) is 12.1 Å². The summed E-state index contributed by atoms with van der Waals surface area (Å²) in [5, 5.41) is 11.5. The Hall–Kier alpha value is -3.53. The molecule has 0 bridgehead atoms. The van der Waals surface area contributed by atoms with Crippen molar-refractivity contribution >= 4 is 23.4 Å². The number of aryl methyl sites for hydroxylation is 1. The monoisotopic (exact) mass is 351 g/mol. The number of rotatable bonds is 4. The van der Waals surface area contributed by atoms with Gasteiger partial charge in [0.15, 0.2) is 6.61 Å². The Morgan fingerprint density at radius 2 is 2.12 bits per heavy atom. The van der Waals surface area contributed by atoms with Crippen molar-refractivity contribution in [3.05, 3.63) is 53.1 Å². The van der Waals surface area contributed by atoms with Crippen LogP contribution in [-0.2, 0) is 11.3 Å². The van der Waals surface area contributed by atoms with Crippen LogP contribution < -0.4 is 15.0 Å². The SMILES string of the molecule is COC(=O)c1ccc2c(c1)NC(=O)N(c1cc(OCC#N)ccc1C)C2. The van der Waals surface area contributed by atoms with Crippen molar-refractivity contribution in [3.8, 4) is 11.8 Å². The van der Waals surface area contributed by atoms with E-state index in [0.29, 0.717) is 29.2 Å². The third-order valence-electron chi connectivity index (χ3n) is 4.12. The Morgan fingerprint density at radius 3 is 2.85 bits per heavy atom. The summed E-state index contributed by atoms with van der Waals surface area (Å²) in [5.74, 6) is 0.0643. The van der Waals surface area contributed by atoms with Crippen LogP contribution in [0.5, 0.6) is 5.75 Å². The lowest BCUT2D eigenvalue weighted by Crippen LogP contribution is -2.39. The van der Waals surface area contributed by atoms with Crippen LogP contribution in [0.25, 0.3) is 0 Å². The van der Waals surface area contributed by atoms with Crippen LogP contribution in [0.3, 0.4) is 0 Å². The highest BCUT2D eigenvalue weighted by Gasteiger charge is 2.26. The second-order valence-corrected chi connectivity index (χ2v) is 5.77. The Bertz CT molecular complexity index is 917. The van der Waals surface area contributed by atoms with Gasteiger partial charge in [-0.2, -0.15) is 5.26 Å². The van der Waals surface area contributed by atoms with E-state index in [2.05, 4.69) is 5.32 Å². The second-order valence-electron chi connectivity index (χ2n) is 5.77. The van der Waals surface area contributed by atoms with Crippen LogP contribution in [0.15, 0.2) is 36.4 Å². The minimum atomic E-state index is -0.456. The van der Waals surface area contributed by atoms with Gasteiger partial charge in [0.25, 0.3) is 0 Å². The highest BCUT2D eigenvalue weighted by Crippen LogP contribution is 2.32. The zero-order valence-corrected chi connectivity index (χ0v) is 14.4. The summed E-state index contributed by atoms with van der Waals surface area (Å²) in [6.45, 7) is 2.19. The molecule has 132 valence electrons. The summed E-state index contributed by atoms with van der Waals surface area (Å²) < 4.78 is 10.0. The lowest BCUT2D eigenvalue weighted by Gasteiger charge is -2.31. The summed E-state index contributed by atoms with van der Waals surface area (Å²) in [5.41, 5.74) is 3.44. The van der Waals surface area contributed by atoms with Crippen molar-refractivity contribution in [2.24, 2.45) is 0 Å². The van der Waals surface area contributed by atoms with E-state index in [1.54, 1.807) is 35.2 Å². The summed E-state index contributed by atoms with van der Waals surface area (Å²) in [6.07, 6.45) is 0. The molecule has 0 unspecified atom stereocenters. The molecule has 0 fully saturated rings. The third-order valence-corrected chi connectivity index (χ3v) is 4.12. The number of esters is 1. The number of urea groups is 1. The summed E-state index contributed by atoms with van der Waals surface area (Å²) in [7, 11) is 1.31. The van der Waals surface area contributed by atoms with Crippen LogP contribution in [-0.4, -0.2) is 25.7 Å². The number of ether oxygens (including phenoxy) is 2. The van der Waals surface area contributed by atoms with Crippen molar-refractivity contribution < 1.29 is 19.1 Å². The van der Waals surface area contributed by atoms with Gasteiger partial charge in [-0.25, -0.2) is 9.59 Å². The lowest BCUT2D eigenvalue weighted by atomic mass is 10.1. The minimum absolute atomic E-state index is 0.0617. The maximum Gasteiger partial charge on any atom is 0.337 e. The smallest absolute Gasteiger partial charge is 0.337 e. The Kier molecular flexibility index (Phi) is 4.76. The number of fused-ring (bicyclic) bond motifs is 1. The fourth-order valence-corrected chi connectivity index (χ4v) is 2.78.